The van der Waals surface area contributed by atoms with Gasteiger partial charge in [-0.15, -0.1) is 0 Å². The maximum absolute atomic E-state index is 11.6. The van der Waals surface area contributed by atoms with Crippen molar-refractivity contribution in [1.82, 2.24) is 4.98 Å². The Balaban J connectivity index is 0.00000178. The molecular weight excluding hydrogens is 338 g/mol. The molecule has 0 fully saturated rings. The van der Waals surface area contributed by atoms with Crippen molar-refractivity contribution in [2.45, 2.75) is 58.7 Å². The Morgan fingerprint density at radius 3 is 2.28 bits per heavy atom. The zero-order chi connectivity index (χ0) is 19.7. The zero-order valence-corrected chi connectivity index (χ0v) is 17.3. The van der Waals surface area contributed by atoms with Crippen molar-refractivity contribution < 1.29 is 23.5 Å². The number of aryl methyl sites for hydroxylation is 2. The fourth-order valence-electron chi connectivity index (χ4n) is 1.91. The zero-order valence-electron chi connectivity index (χ0n) is 16.3. The first-order valence-corrected chi connectivity index (χ1v) is 11.1. The molecule has 7 heteroatoms. The smallest absolute Gasteiger partial charge is 0.373 e. The maximum atomic E-state index is 11.6. The normalized spacial score (nSPS) is 11.2. The Kier molecular flexibility index (Phi) is 9.49. The minimum atomic E-state index is -1.68. The topological polar surface area (TPSA) is 82.6 Å². The molecule has 0 aliphatic rings. The van der Waals surface area contributed by atoms with Crippen LogP contribution in [-0.4, -0.2) is 39.1 Å². The minimum absolute atomic E-state index is 0.234. The molecule has 25 heavy (non-hydrogen) atoms. The molecular formula is C18H29NO5Si. The van der Waals surface area contributed by atoms with E-state index >= 15 is 0 Å². The fourth-order valence-corrected chi connectivity index (χ4v) is 3.00. The van der Waals surface area contributed by atoms with E-state index in [0.717, 1.165) is 30.7 Å². The van der Waals surface area contributed by atoms with Gasteiger partial charge in [0.2, 0.25) is 0 Å². The second-order valence-corrected chi connectivity index (χ2v) is 12.1. The van der Waals surface area contributed by atoms with E-state index in [1.165, 1.54) is 7.11 Å². The summed E-state index contributed by atoms with van der Waals surface area (Å²) in [5.41, 5.74) is 2.32. The summed E-state index contributed by atoms with van der Waals surface area (Å²) in [6.45, 7) is 13.9. The van der Waals surface area contributed by atoms with Gasteiger partial charge in [0.15, 0.2) is 8.32 Å². The highest BCUT2D eigenvalue weighted by molar-refractivity contribution is 6.74. The quantitative estimate of drug-likeness (QED) is 0.434. The molecule has 0 aliphatic carbocycles. The van der Waals surface area contributed by atoms with Gasteiger partial charge in [-0.2, -0.15) is 9.59 Å². The number of esters is 1. The van der Waals surface area contributed by atoms with Crippen LogP contribution in [-0.2, 0) is 25.2 Å². The van der Waals surface area contributed by atoms with E-state index in [1.54, 1.807) is 0 Å². The molecule has 0 radical (unpaired) electrons. The van der Waals surface area contributed by atoms with Crippen LogP contribution < -0.4 is 0 Å². The Labute approximate surface area is 151 Å². The van der Waals surface area contributed by atoms with Gasteiger partial charge in [0, 0.05) is 12.3 Å². The Morgan fingerprint density at radius 1 is 1.24 bits per heavy atom. The first kappa shape index (κ1) is 23.2. The highest BCUT2D eigenvalue weighted by Gasteiger charge is 2.36. The van der Waals surface area contributed by atoms with E-state index < -0.39 is 8.32 Å². The van der Waals surface area contributed by atoms with Crippen LogP contribution in [0.25, 0.3) is 0 Å². The Morgan fingerprint density at radius 2 is 1.80 bits per heavy atom. The lowest BCUT2D eigenvalue weighted by molar-refractivity contribution is -0.191. The predicted octanol–water partition coefficient (Wildman–Crippen LogP) is 3.55. The van der Waals surface area contributed by atoms with Gasteiger partial charge >= 0.3 is 12.1 Å². The van der Waals surface area contributed by atoms with E-state index in [1.807, 2.05) is 19.1 Å². The molecule has 1 aromatic rings. The summed E-state index contributed by atoms with van der Waals surface area (Å²) in [7, 11) is -0.301. The fraction of sp³-hybridized carbons (Fsp3) is 0.611. The SMILES string of the molecule is COC(=O)c1cc(CCCO[Si](C)(C)C(C)(C)C)cc(C)n1.O=C=O. The van der Waals surface area contributed by atoms with Crippen molar-refractivity contribution in [1.29, 1.82) is 0 Å². The number of ether oxygens (including phenoxy) is 1. The molecule has 0 aliphatic heterocycles. The van der Waals surface area contributed by atoms with Gasteiger partial charge in [-0.1, -0.05) is 20.8 Å². The summed E-state index contributed by atoms with van der Waals surface area (Å²) in [5.74, 6) is -0.387. The number of pyridine rings is 1. The van der Waals surface area contributed by atoms with E-state index in [9.17, 15) is 4.79 Å². The minimum Gasteiger partial charge on any atom is -0.464 e. The molecule has 0 unspecified atom stereocenters. The van der Waals surface area contributed by atoms with Crippen molar-refractivity contribution in [3.05, 3.63) is 29.1 Å². The maximum Gasteiger partial charge on any atom is 0.373 e. The third-order valence-corrected chi connectivity index (χ3v) is 8.82. The first-order chi connectivity index (χ1) is 11.5. The van der Waals surface area contributed by atoms with Crippen LogP contribution >= 0.6 is 0 Å². The lowest BCUT2D eigenvalue weighted by Gasteiger charge is -2.36. The molecule has 6 nitrogen and oxygen atoms in total. The summed E-state index contributed by atoms with van der Waals surface area (Å²) in [4.78, 5) is 32.0. The second kappa shape index (κ2) is 10.2. The number of rotatable bonds is 6. The average molecular weight is 368 g/mol. The van der Waals surface area contributed by atoms with E-state index in [-0.39, 0.29) is 17.2 Å². The van der Waals surface area contributed by atoms with Crippen LogP contribution in [0, 0.1) is 6.92 Å². The van der Waals surface area contributed by atoms with Gasteiger partial charge in [-0.05, 0) is 55.6 Å². The molecule has 0 amide bonds. The summed E-state index contributed by atoms with van der Waals surface area (Å²) in [6, 6.07) is 3.82. The van der Waals surface area contributed by atoms with Crippen LogP contribution in [0.1, 0.15) is 48.9 Å². The number of aromatic nitrogens is 1. The van der Waals surface area contributed by atoms with Crippen LogP contribution in [0.3, 0.4) is 0 Å². The monoisotopic (exact) mass is 367 g/mol. The van der Waals surface area contributed by atoms with Crippen molar-refractivity contribution >= 4 is 20.4 Å². The largest absolute Gasteiger partial charge is 0.464 e. The van der Waals surface area contributed by atoms with Crippen LogP contribution in [0.5, 0.6) is 0 Å². The van der Waals surface area contributed by atoms with Crippen molar-refractivity contribution in [3.8, 4) is 0 Å². The number of methoxy groups -OCH3 is 1. The lowest BCUT2D eigenvalue weighted by Crippen LogP contribution is -2.41. The van der Waals surface area contributed by atoms with Crippen LogP contribution in [0.2, 0.25) is 18.1 Å². The van der Waals surface area contributed by atoms with E-state index in [2.05, 4.69) is 38.8 Å². The molecule has 0 spiro atoms. The molecule has 140 valence electrons. The highest BCUT2D eigenvalue weighted by Crippen LogP contribution is 2.36. The third kappa shape index (κ3) is 8.20. The Bertz CT molecular complexity index is 602. The van der Waals surface area contributed by atoms with Crippen LogP contribution in [0.15, 0.2) is 12.1 Å². The number of hydrogen-bond acceptors (Lipinski definition) is 6. The molecule has 1 rings (SSSR count). The van der Waals surface area contributed by atoms with Gasteiger partial charge in [0.25, 0.3) is 0 Å². The summed E-state index contributed by atoms with van der Waals surface area (Å²) >= 11 is 0. The van der Waals surface area contributed by atoms with Gasteiger partial charge in [0.1, 0.15) is 5.69 Å². The van der Waals surface area contributed by atoms with Gasteiger partial charge in [-0.3, -0.25) is 0 Å². The summed E-state index contributed by atoms with van der Waals surface area (Å²) < 4.78 is 10.9. The van der Waals surface area contributed by atoms with Gasteiger partial charge in [0.05, 0.1) is 7.11 Å². The predicted molar refractivity (Wildman–Crippen MR) is 96.8 cm³/mol. The molecule has 0 bridgehead atoms. The third-order valence-electron chi connectivity index (χ3n) is 4.29. The lowest BCUT2D eigenvalue weighted by atomic mass is 10.1. The average Bonchev–Trinajstić information content (AvgIpc) is 2.50. The van der Waals surface area contributed by atoms with E-state index in [0.29, 0.717) is 5.69 Å². The summed E-state index contributed by atoms with van der Waals surface area (Å²) in [6.07, 6.45) is 2.07. The molecule has 0 saturated carbocycles. The number of carbonyl (C=O) groups is 1. The van der Waals surface area contributed by atoms with Gasteiger partial charge in [-0.25, -0.2) is 9.78 Å². The first-order valence-electron chi connectivity index (χ1n) is 8.17. The van der Waals surface area contributed by atoms with Gasteiger partial charge < -0.3 is 9.16 Å². The van der Waals surface area contributed by atoms with Crippen molar-refractivity contribution in [2.24, 2.45) is 0 Å². The molecule has 0 N–H and O–H groups in total. The highest BCUT2D eigenvalue weighted by atomic mass is 28.4. The van der Waals surface area contributed by atoms with Crippen molar-refractivity contribution in [3.63, 3.8) is 0 Å². The molecule has 0 saturated heterocycles. The second-order valence-electron chi connectivity index (χ2n) is 7.29. The Hall–Kier alpha value is -1.82. The number of nitrogens with zero attached hydrogens (tertiary/aromatic N) is 1. The van der Waals surface area contributed by atoms with Crippen molar-refractivity contribution in [2.75, 3.05) is 13.7 Å². The molecule has 0 aromatic carbocycles. The standard InChI is InChI=1S/C17H29NO3Si.CO2/c1-13-11-14(12-15(18-13)16(19)20-5)9-8-10-21-22(6,7)17(2,3)4;2-1-3/h11-12H,8-10H2,1-7H3;. The van der Waals surface area contributed by atoms with Crippen LogP contribution in [0.4, 0.5) is 0 Å². The molecule has 0 atom stereocenters. The van der Waals surface area contributed by atoms with E-state index in [4.69, 9.17) is 18.8 Å². The molecule has 1 aromatic heterocycles. The number of carbonyl (C=O) groups excluding carboxylic acids is 3. The number of hydrogen-bond donors (Lipinski definition) is 0. The summed E-state index contributed by atoms with van der Waals surface area (Å²) in [5, 5.41) is 0.234. The molecule has 1 heterocycles.